The number of rotatable bonds is 4. The van der Waals surface area contributed by atoms with Crippen LogP contribution in [0.15, 0.2) is 42.9 Å². The number of anilines is 1. The van der Waals surface area contributed by atoms with Crippen molar-refractivity contribution in [3.8, 4) is 5.75 Å². The predicted molar refractivity (Wildman–Crippen MR) is 111 cm³/mol. The van der Waals surface area contributed by atoms with Gasteiger partial charge in [-0.3, -0.25) is 0 Å². The van der Waals surface area contributed by atoms with Crippen LogP contribution < -0.4 is 10.5 Å². The molecule has 4 heterocycles. The van der Waals surface area contributed by atoms with E-state index in [0.29, 0.717) is 22.2 Å². The molecule has 158 valence electrons. The molecule has 2 aliphatic rings. The van der Waals surface area contributed by atoms with Crippen molar-refractivity contribution < 1.29 is 18.9 Å². The molecule has 0 radical (unpaired) electrons. The van der Waals surface area contributed by atoms with Crippen LogP contribution in [-0.4, -0.2) is 44.7 Å². The van der Waals surface area contributed by atoms with Gasteiger partial charge in [0.15, 0.2) is 12.0 Å². The van der Waals surface area contributed by atoms with Crippen molar-refractivity contribution in [3.63, 3.8) is 0 Å². The van der Waals surface area contributed by atoms with Crippen molar-refractivity contribution in [1.29, 1.82) is 0 Å². The van der Waals surface area contributed by atoms with Crippen molar-refractivity contribution in [2.75, 3.05) is 12.3 Å². The van der Waals surface area contributed by atoms with Gasteiger partial charge in [-0.2, -0.15) is 0 Å². The molecule has 2 aromatic heterocycles. The van der Waals surface area contributed by atoms with Crippen molar-refractivity contribution in [2.24, 2.45) is 0 Å². The molecule has 1 aromatic carbocycles. The molecule has 4 atom stereocenters. The molecule has 0 amide bonds. The zero-order valence-corrected chi connectivity index (χ0v) is 17.7. The fraction of sp³-hybridized carbons (Fsp3) is 0.429. The van der Waals surface area contributed by atoms with Crippen LogP contribution in [0.25, 0.3) is 11.0 Å². The van der Waals surface area contributed by atoms with E-state index in [4.69, 9.17) is 36.3 Å². The van der Waals surface area contributed by atoms with Gasteiger partial charge in [-0.1, -0.05) is 17.7 Å². The highest BCUT2D eigenvalue weighted by atomic mass is 35.5. The summed E-state index contributed by atoms with van der Waals surface area (Å²) in [5, 5.41) is 1.15. The number of hydrogen-bond donors (Lipinski definition) is 1. The molecule has 8 nitrogen and oxygen atoms in total. The lowest BCUT2D eigenvalue weighted by atomic mass is 9.95. The standard InChI is InChI=1S/C21H23ClN4O4/c1-20(2)29-16-19(26-8-7-14-17(22)24-11-25-18(14)26)28-15(21(16,3)30-20)10-27-13-6-4-5-12(23)9-13/h4-9,11,15-16,19H,10,23H2,1-3H3/t15-,16+,19-,21-/m1/s1. The fourth-order valence-corrected chi connectivity index (χ4v) is 4.53. The molecule has 2 fully saturated rings. The molecule has 2 aliphatic heterocycles. The molecule has 0 unspecified atom stereocenters. The number of aromatic nitrogens is 3. The molecule has 2 saturated heterocycles. The second-order valence-corrected chi connectivity index (χ2v) is 8.61. The maximum atomic E-state index is 6.42. The SMILES string of the molecule is CC1(C)O[C@H]2[C@H](n3ccc4c(Cl)ncnc43)O[C@H](COc3cccc(N)c3)[C@@]2(C)O1. The molecule has 30 heavy (non-hydrogen) atoms. The topological polar surface area (TPSA) is 93.7 Å². The molecule has 2 N–H and O–H groups in total. The predicted octanol–water partition coefficient (Wildman–Crippen LogP) is 3.55. The molecule has 9 heteroatoms. The Bertz CT molecular complexity index is 1100. The Balaban J connectivity index is 1.48. The third-order valence-electron chi connectivity index (χ3n) is 5.64. The summed E-state index contributed by atoms with van der Waals surface area (Å²) in [5.74, 6) is -0.0850. The van der Waals surface area contributed by atoms with Crippen molar-refractivity contribution in [3.05, 3.63) is 48.0 Å². The van der Waals surface area contributed by atoms with Gasteiger partial charge in [0, 0.05) is 18.0 Å². The minimum Gasteiger partial charge on any atom is -0.491 e. The number of fused-ring (bicyclic) bond motifs is 2. The van der Waals surface area contributed by atoms with Crippen LogP contribution in [0.3, 0.4) is 0 Å². The van der Waals surface area contributed by atoms with Crippen molar-refractivity contribution >= 4 is 28.3 Å². The maximum Gasteiger partial charge on any atom is 0.165 e. The van der Waals surface area contributed by atoms with E-state index in [1.807, 2.05) is 55.8 Å². The third-order valence-corrected chi connectivity index (χ3v) is 5.94. The van der Waals surface area contributed by atoms with E-state index in [1.165, 1.54) is 6.33 Å². The van der Waals surface area contributed by atoms with Crippen LogP contribution in [0.2, 0.25) is 5.15 Å². The minimum absolute atomic E-state index is 0.279. The van der Waals surface area contributed by atoms with Crippen LogP contribution in [0, 0.1) is 0 Å². The van der Waals surface area contributed by atoms with Gasteiger partial charge < -0.3 is 29.2 Å². The third kappa shape index (κ3) is 3.11. The van der Waals surface area contributed by atoms with E-state index in [9.17, 15) is 0 Å². The number of nitrogens with zero attached hydrogens (tertiary/aromatic N) is 3. The molecule has 0 spiro atoms. The van der Waals surface area contributed by atoms with Gasteiger partial charge in [-0.05, 0) is 39.0 Å². The smallest absolute Gasteiger partial charge is 0.165 e. The highest BCUT2D eigenvalue weighted by Gasteiger charge is 2.64. The van der Waals surface area contributed by atoms with Crippen molar-refractivity contribution in [1.82, 2.24) is 14.5 Å². The van der Waals surface area contributed by atoms with E-state index < -0.39 is 17.6 Å². The molecular weight excluding hydrogens is 408 g/mol. The first-order chi connectivity index (χ1) is 14.3. The fourth-order valence-electron chi connectivity index (χ4n) is 4.34. The summed E-state index contributed by atoms with van der Waals surface area (Å²) >= 11 is 6.23. The Labute approximate surface area is 178 Å². The van der Waals surface area contributed by atoms with Gasteiger partial charge >= 0.3 is 0 Å². The highest BCUT2D eigenvalue weighted by Crippen LogP contribution is 2.50. The lowest BCUT2D eigenvalue weighted by Crippen LogP contribution is -2.46. The van der Waals surface area contributed by atoms with E-state index in [2.05, 4.69) is 9.97 Å². The molecule has 3 aromatic rings. The summed E-state index contributed by atoms with van der Waals surface area (Å²) in [6.07, 6.45) is 2.10. The Morgan fingerprint density at radius 1 is 1.23 bits per heavy atom. The zero-order valence-electron chi connectivity index (χ0n) is 16.9. The van der Waals surface area contributed by atoms with E-state index in [-0.39, 0.29) is 18.8 Å². The molecule has 0 bridgehead atoms. The van der Waals surface area contributed by atoms with Gasteiger partial charge in [0.1, 0.15) is 47.3 Å². The normalized spacial score (nSPS) is 29.9. The van der Waals surface area contributed by atoms with Crippen molar-refractivity contribution in [2.45, 2.75) is 50.6 Å². The van der Waals surface area contributed by atoms with E-state index in [0.717, 1.165) is 5.39 Å². The van der Waals surface area contributed by atoms with E-state index in [1.54, 1.807) is 6.07 Å². The van der Waals surface area contributed by atoms with Crippen LogP contribution in [0.5, 0.6) is 5.75 Å². The first-order valence-corrected chi connectivity index (χ1v) is 10.1. The van der Waals surface area contributed by atoms with Gasteiger partial charge in [0.25, 0.3) is 0 Å². The molecule has 5 rings (SSSR count). The molecule has 0 saturated carbocycles. The molecule has 0 aliphatic carbocycles. The first kappa shape index (κ1) is 19.6. The summed E-state index contributed by atoms with van der Waals surface area (Å²) in [5.41, 5.74) is 6.45. The summed E-state index contributed by atoms with van der Waals surface area (Å²) in [4.78, 5) is 8.44. The zero-order chi connectivity index (χ0) is 21.1. The van der Waals surface area contributed by atoms with Gasteiger partial charge in [0.05, 0.1) is 5.39 Å². The average Bonchev–Trinajstić information content (AvgIpc) is 3.28. The summed E-state index contributed by atoms with van der Waals surface area (Å²) in [7, 11) is 0. The van der Waals surface area contributed by atoms with Crippen LogP contribution in [0.4, 0.5) is 5.69 Å². The van der Waals surface area contributed by atoms with Gasteiger partial charge in [-0.25, -0.2) is 9.97 Å². The Hall–Kier alpha value is -2.39. The maximum absolute atomic E-state index is 6.42. The summed E-state index contributed by atoms with van der Waals surface area (Å²) in [6.45, 7) is 6.07. The molecular formula is C21H23ClN4O4. The second kappa shape index (κ2) is 6.81. The van der Waals surface area contributed by atoms with Crippen LogP contribution in [0.1, 0.15) is 27.0 Å². The number of benzene rings is 1. The Kier molecular flexibility index (Phi) is 4.44. The summed E-state index contributed by atoms with van der Waals surface area (Å²) in [6, 6.07) is 9.17. The van der Waals surface area contributed by atoms with Gasteiger partial charge in [0.2, 0.25) is 0 Å². The Morgan fingerprint density at radius 2 is 2.07 bits per heavy atom. The number of nitrogen functional groups attached to an aromatic ring is 1. The largest absolute Gasteiger partial charge is 0.491 e. The number of ether oxygens (including phenoxy) is 4. The monoisotopic (exact) mass is 430 g/mol. The highest BCUT2D eigenvalue weighted by molar-refractivity contribution is 6.33. The Morgan fingerprint density at radius 3 is 2.87 bits per heavy atom. The number of nitrogens with two attached hydrogens (primary N) is 1. The number of hydrogen-bond acceptors (Lipinski definition) is 7. The quantitative estimate of drug-likeness (QED) is 0.499. The summed E-state index contributed by atoms with van der Waals surface area (Å²) < 4.78 is 26.9. The van der Waals surface area contributed by atoms with Crippen LogP contribution >= 0.6 is 11.6 Å². The minimum atomic E-state index is -0.757. The lowest BCUT2D eigenvalue weighted by Gasteiger charge is -2.29. The van der Waals surface area contributed by atoms with Crippen LogP contribution in [-0.2, 0) is 14.2 Å². The second-order valence-electron chi connectivity index (χ2n) is 8.25. The number of halogens is 1. The van der Waals surface area contributed by atoms with E-state index >= 15 is 0 Å². The average molecular weight is 431 g/mol. The van der Waals surface area contributed by atoms with Gasteiger partial charge in [-0.15, -0.1) is 0 Å². The first-order valence-electron chi connectivity index (χ1n) is 9.76. The lowest BCUT2D eigenvalue weighted by molar-refractivity contribution is -0.213.